The lowest BCUT2D eigenvalue weighted by atomic mass is 10.1. The first-order chi connectivity index (χ1) is 15.1. The number of amides is 1. The summed E-state index contributed by atoms with van der Waals surface area (Å²) in [7, 11) is 3.10. The van der Waals surface area contributed by atoms with Crippen LogP contribution in [0.4, 0.5) is 5.82 Å². The van der Waals surface area contributed by atoms with E-state index < -0.39 is 0 Å². The quantitative estimate of drug-likeness (QED) is 0.420. The van der Waals surface area contributed by atoms with Crippen molar-refractivity contribution >= 4 is 34.5 Å². The summed E-state index contributed by atoms with van der Waals surface area (Å²) in [5.74, 6) is 1.83. The number of nitrogens with zero attached hydrogens (tertiary/aromatic N) is 5. The van der Waals surface area contributed by atoms with Crippen molar-refractivity contribution in [1.82, 2.24) is 25.1 Å². The number of methoxy groups -OCH3 is 2. The van der Waals surface area contributed by atoms with Gasteiger partial charge >= 0.3 is 0 Å². The first kappa shape index (κ1) is 21.2. The van der Waals surface area contributed by atoms with Crippen molar-refractivity contribution in [1.29, 1.82) is 0 Å². The van der Waals surface area contributed by atoms with Gasteiger partial charge in [-0.1, -0.05) is 11.8 Å². The van der Waals surface area contributed by atoms with E-state index in [1.165, 1.54) is 31.7 Å². The zero-order chi connectivity index (χ0) is 21.8. The van der Waals surface area contributed by atoms with Crippen molar-refractivity contribution in [2.75, 3.05) is 45.0 Å². The predicted octanol–water partition coefficient (Wildman–Crippen LogP) is 2.60. The molecule has 0 radical (unpaired) electrons. The van der Waals surface area contributed by atoms with E-state index in [0.29, 0.717) is 30.2 Å². The van der Waals surface area contributed by atoms with Crippen LogP contribution in [0, 0.1) is 0 Å². The van der Waals surface area contributed by atoms with E-state index in [4.69, 9.17) is 14.5 Å². The number of benzene rings is 1. The molecule has 0 unspecified atom stereocenters. The first-order valence-corrected chi connectivity index (χ1v) is 11.4. The van der Waals surface area contributed by atoms with Crippen LogP contribution in [0.5, 0.6) is 11.5 Å². The number of carbonyl (C=O) groups is 1. The smallest absolute Gasteiger partial charge is 0.255 e. The zero-order valence-corrected chi connectivity index (χ0v) is 18.7. The van der Waals surface area contributed by atoms with E-state index in [9.17, 15) is 4.79 Å². The second kappa shape index (κ2) is 9.42. The number of aromatic nitrogens is 4. The molecule has 1 fully saturated rings. The molecule has 3 heterocycles. The zero-order valence-electron chi connectivity index (χ0n) is 17.9. The monoisotopic (exact) mass is 442 g/mol. The minimum absolute atomic E-state index is 0.215. The number of hydrogen-bond donors (Lipinski definition) is 1. The van der Waals surface area contributed by atoms with E-state index in [0.717, 1.165) is 35.1 Å². The highest BCUT2D eigenvalue weighted by atomic mass is 32.2. The predicted molar refractivity (Wildman–Crippen MR) is 120 cm³/mol. The summed E-state index contributed by atoms with van der Waals surface area (Å²) in [6.45, 7) is 2.91. The van der Waals surface area contributed by atoms with Crippen LogP contribution in [0.2, 0.25) is 0 Å². The second-order valence-electron chi connectivity index (χ2n) is 7.16. The summed E-state index contributed by atoms with van der Waals surface area (Å²) in [6.07, 6.45) is 6.14. The van der Waals surface area contributed by atoms with Crippen LogP contribution in [-0.2, 0) is 6.54 Å². The Morgan fingerprint density at radius 1 is 1.19 bits per heavy atom. The van der Waals surface area contributed by atoms with Gasteiger partial charge < -0.3 is 19.7 Å². The van der Waals surface area contributed by atoms with Crippen LogP contribution >= 0.6 is 11.8 Å². The van der Waals surface area contributed by atoms with E-state index in [1.807, 2.05) is 17.1 Å². The fourth-order valence-corrected chi connectivity index (χ4v) is 4.06. The van der Waals surface area contributed by atoms with E-state index in [-0.39, 0.29) is 5.91 Å². The Labute approximate surface area is 185 Å². The largest absolute Gasteiger partial charge is 0.497 e. The van der Waals surface area contributed by atoms with Gasteiger partial charge in [0, 0.05) is 25.7 Å². The Bertz CT molecular complexity index is 1080. The summed E-state index contributed by atoms with van der Waals surface area (Å²) < 4.78 is 12.3. The van der Waals surface area contributed by atoms with Crippen LogP contribution in [-0.4, -0.2) is 65.8 Å². The molecule has 0 spiro atoms. The fourth-order valence-electron chi connectivity index (χ4n) is 3.70. The average Bonchev–Trinajstić information content (AvgIpc) is 3.48. The number of hydrogen-bond acceptors (Lipinski definition) is 8. The Hall–Kier alpha value is -3.01. The maximum absolute atomic E-state index is 12.6. The summed E-state index contributed by atoms with van der Waals surface area (Å²) >= 11 is 1.52. The molecule has 2 aromatic heterocycles. The summed E-state index contributed by atoms with van der Waals surface area (Å²) in [4.78, 5) is 24.3. The van der Waals surface area contributed by atoms with Crippen molar-refractivity contribution < 1.29 is 14.3 Å². The summed E-state index contributed by atoms with van der Waals surface area (Å²) in [5.41, 5.74) is 1.24. The van der Waals surface area contributed by atoms with Gasteiger partial charge in [-0.3, -0.25) is 4.79 Å². The lowest BCUT2D eigenvalue weighted by Crippen LogP contribution is -2.28. The van der Waals surface area contributed by atoms with E-state index >= 15 is 0 Å². The minimum atomic E-state index is -0.215. The molecule has 1 amide bonds. The number of rotatable bonds is 8. The second-order valence-corrected chi connectivity index (χ2v) is 7.93. The summed E-state index contributed by atoms with van der Waals surface area (Å²) in [6, 6.07) is 5.12. The Morgan fingerprint density at radius 3 is 2.71 bits per heavy atom. The number of nitrogens with one attached hydrogen (secondary N) is 1. The fraction of sp³-hybridized carbons (Fsp3) is 0.429. The van der Waals surface area contributed by atoms with Crippen molar-refractivity contribution in [3.63, 3.8) is 0 Å². The van der Waals surface area contributed by atoms with Crippen LogP contribution in [0.25, 0.3) is 11.0 Å². The lowest BCUT2D eigenvalue weighted by molar-refractivity contribution is 0.0949. The molecule has 1 aromatic carbocycles. The van der Waals surface area contributed by atoms with Crippen molar-refractivity contribution in [3.05, 3.63) is 30.0 Å². The van der Waals surface area contributed by atoms with Crippen LogP contribution in [0.15, 0.2) is 29.6 Å². The maximum Gasteiger partial charge on any atom is 0.255 e. The van der Waals surface area contributed by atoms with Gasteiger partial charge in [0.2, 0.25) is 0 Å². The molecule has 1 N–H and O–H groups in total. The molecule has 164 valence electrons. The maximum atomic E-state index is 12.6. The number of thioether (sulfide) groups is 1. The number of carbonyl (C=O) groups excluding carboxylic acids is 1. The van der Waals surface area contributed by atoms with Gasteiger partial charge in [-0.15, -0.1) is 0 Å². The van der Waals surface area contributed by atoms with Gasteiger partial charge in [0.05, 0.1) is 37.9 Å². The molecule has 10 heteroatoms. The molecular formula is C21H26N6O3S. The van der Waals surface area contributed by atoms with E-state index in [2.05, 4.69) is 20.3 Å². The number of anilines is 1. The first-order valence-electron chi connectivity index (χ1n) is 10.2. The highest BCUT2D eigenvalue weighted by Gasteiger charge is 2.20. The number of ether oxygens (including phenoxy) is 2. The molecule has 9 nitrogen and oxygen atoms in total. The number of fused-ring (bicyclic) bond motifs is 1. The normalized spacial score (nSPS) is 13.6. The third kappa shape index (κ3) is 4.39. The molecule has 1 aliphatic rings. The minimum Gasteiger partial charge on any atom is -0.497 e. The van der Waals surface area contributed by atoms with Gasteiger partial charge in [0.15, 0.2) is 10.8 Å². The molecule has 1 aliphatic heterocycles. The Morgan fingerprint density at radius 2 is 2.00 bits per heavy atom. The van der Waals surface area contributed by atoms with Crippen molar-refractivity contribution in [2.45, 2.75) is 24.5 Å². The molecule has 0 bridgehead atoms. The molecule has 4 rings (SSSR count). The standard InChI is InChI=1S/C21H26N6O3S/c1-29-14-6-7-15(17(12-14)30-2)20(28)22-8-11-27-19-16(13-23-27)18(24-21(25-19)31-3)26-9-4-5-10-26/h6-7,12-13H,4-5,8-11H2,1-3H3,(H,22,28). The van der Waals surface area contributed by atoms with Crippen molar-refractivity contribution in [2.24, 2.45) is 0 Å². The van der Waals surface area contributed by atoms with Crippen molar-refractivity contribution in [3.8, 4) is 11.5 Å². The lowest BCUT2D eigenvalue weighted by Gasteiger charge is -2.17. The highest BCUT2D eigenvalue weighted by Crippen LogP contribution is 2.29. The molecular weight excluding hydrogens is 416 g/mol. The van der Waals surface area contributed by atoms with E-state index in [1.54, 1.807) is 25.3 Å². The van der Waals surface area contributed by atoms with Crippen LogP contribution in [0.3, 0.4) is 0 Å². The third-order valence-corrected chi connectivity index (χ3v) is 5.85. The molecule has 1 saturated heterocycles. The molecule has 0 atom stereocenters. The average molecular weight is 443 g/mol. The Kier molecular flexibility index (Phi) is 6.45. The van der Waals surface area contributed by atoms with Gasteiger partial charge in [-0.2, -0.15) is 5.10 Å². The Balaban J connectivity index is 1.49. The molecule has 31 heavy (non-hydrogen) atoms. The summed E-state index contributed by atoms with van der Waals surface area (Å²) in [5, 5.41) is 9.12. The van der Waals surface area contributed by atoms with Crippen LogP contribution in [0.1, 0.15) is 23.2 Å². The van der Waals surface area contributed by atoms with Gasteiger partial charge in [-0.05, 0) is 31.2 Å². The van der Waals surface area contributed by atoms with Gasteiger partial charge in [0.25, 0.3) is 5.91 Å². The van der Waals surface area contributed by atoms with Gasteiger partial charge in [0.1, 0.15) is 17.3 Å². The molecule has 0 aliphatic carbocycles. The topological polar surface area (TPSA) is 94.4 Å². The third-order valence-electron chi connectivity index (χ3n) is 5.31. The van der Waals surface area contributed by atoms with Gasteiger partial charge in [-0.25, -0.2) is 14.6 Å². The SMILES string of the molecule is COc1ccc(C(=O)NCCn2ncc3c(N4CCCC4)nc(SC)nc32)c(OC)c1. The highest BCUT2D eigenvalue weighted by molar-refractivity contribution is 7.98. The molecule has 3 aromatic rings. The molecule has 0 saturated carbocycles. The van der Waals surface area contributed by atoms with Crippen LogP contribution < -0.4 is 19.7 Å².